The zero-order valence-corrected chi connectivity index (χ0v) is 12.1. The highest BCUT2D eigenvalue weighted by atomic mass is 16.5. The molecule has 0 aromatic carbocycles. The minimum absolute atomic E-state index is 0.0262. The van der Waals surface area contributed by atoms with E-state index in [0.717, 1.165) is 19.1 Å². The Balaban J connectivity index is 4.05. The van der Waals surface area contributed by atoms with Crippen LogP contribution in [0.4, 0.5) is 0 Å². The first kappa shape index (κ1) is 15.9. The van der Waals surface area contributed by atoms with E-state index in [1.54, 1.807) is 0 Å². The molecular weight excluding hydrogens is 198 g/mol. The van der Waals surface area contributed by atoms with Crippen LogP contribution in [0.25, 0.3) is 0 Å². The molecule has 0 saturated heterocycles. The first-order chi connectivity index (χ1) is 7.42. The molecule has 0 aliphatic rings. The normalized spacial score (nSPS) is 14.4. The van der Waals surface area contributed by atoms with Crippen molar-refractivity contribution in [1.82, 2.24) is 5.32 Å². The van der Waals surface area contributed by atoms with Crippen molar-refractivity contribution in [3.63, 3.8) is 0 Å². The van der Waals surface area contributed by atoms with Gasteiger partial charge in [0, 0.05) is 6.04 Å². The van der Waals surface area contributed by atoms with Crippen LogP contribution in [0.3, 0.4) is 0 Å². The van der Waals surface area contributed by atoms with Crippen molar-refractivity contribution in [2.45, 2.75) is 72.4 Å². The number of nitrogens with one attached hydrogen (secondary N) is 1. The predicted octanol–water partition coefficient (Wildman–Crippen LogP) is 3.61. The van der Waals surface area contributed by atoms with E-state index in [-0.39, 0.29) is 5.60 Å². The van der Waals surface area contributed by atoms with Gasteiger partial charge in [0.15, 0.2) is 0 Å². The van der Waals surface area contributed by atoms with Crippen LogP contribution >= 0.6 is 0 Å². The summed E-state index contributed by atoms with van der Waals surface area (Å²) in [7, 11) is 0. The summed E-state index contributed by atoms with van der Waals surface area (Å²) in [6.45, 7) is 14.9. The second kappa shape index (κ2) is 8.08. The second-order valence-corrected chi connectivity index (χ2v) is 5.60. The SMILES string of the molecule is CCNC(COC(C)(C)C)CC(CC)CC. The Kier molecular flexibility index (Phi) is 8.04. The molecule has 0 aliphatic heterocycles. The van der Waals surface area contributed by atoms with Crippen LogP contribution in [0.5, 0.6) is 0 Å². The van der Waals surface area contributed by atoms with Gasteiger partial charge in [-0.3, -0.25) is 0 Å². The van der Waals surface area contributed by atoms with Crippen LogP contribution in [0.15, 0.2) is 0 Å². The lowest BCUT2D eigenvalue weighted by Gasteiger charge is -2.27. The fourth-order valence-electron chi connectivity index (χ4n) is 1.87. The summed E-state index contributed by atoms with van der Waals surface area (Å²) in [6.07, 6.45) is 3.78. The van der Waals surface area contributed by atoms with Gasteiger partial charge in [-0.1, -0.05) is 33.6 Å². The topological polar surface area (TPSA) is 21.3 Å². The van der Waals surface area contributed by atoms with Gasteiger partial charge in [0.1, 0.15) is 0 Å². The first-order valence-electron chi connectivity index (χ1n) is 6.80. The van der Waals surface area contributed by atoms with Crippen molar-refractivity contribution < 1.29 is 4.74 Å². The fraction of sp³-hybridized carbons (Fsp3) is 1.00. The van der Waals surface area contributed by atoms with Crippen molar-refractivity contribution in [3.05, 3.63) is 0 Å². The molecule has 0 spiro atoms. The molecule has 0 heterocycles. The summed E-state index contributed by atoms with van der Waals surface area (Å²) >= 11 is 0. The molecule has 1 unspecified atom stereocenters. The average Bonchev–Trinajstić information content (AvgIpc) is 2.21. The van der Waals surface area contributed by atoms with E-state index >= 15 is 0 Å². The maximum Gasteiger partial charge on any atom is 0.0626 e. The second-order valence-electron chi connectivity index (χ2n) is 5.60. The van der Waals surface area contributed by atoms with Gasteiger partial charge in [-0.25, -0.2) is 0 Å². The van der Waals surface area contributed by atoms with Gasteiger partial charge in [-0.15, -0.1) is 0 Å². The third-order valence-corrected chi connectivity index (χ3v) is 2.98. The van der Waals surface area contributed by atoms with E-state index in [2.05, 4.69) is 46.9 Å². The lowest BCUT2D eigenvalue weighted by atomic mass is 9.95. The van der Waals surface area contributed by atoms with Crippen molar-refractivity contribution in [2.24, 2.45) is 5.92 Å². The maximum atomic E-state index is 5.87. The van der Waals surface area contributed by atoms with Gasteiger partial charge in [0.05, 0.1) is 12.2 Å². The molecule has 2 heteroatoms. The van der Waals surface area contributed by atoms with Crippen LogP contribution < -0.4 is 5.32 Å². The monoisotopic (exact) mass is 229 g/mol. The summed E-state index contributed by atoms with van der Waals surface area (Å²) in [5.74, 6) is 0.826. The molecule has 1 N–H and O–H groups in total. The third-order valence-electron chi connectivity index (χ3n) is 2.98. The van der Waals surface area contributed by atoms with Crippen molar-refractivity contribution in [3.8, 4) is 0 Å². The Hall–Kier alpha value is -0.0800. The molecule has 0 rings (SSSR count). The Morgan fingerprint density at radius 3 is 2.00 bits per heavy atom. The largest absolute Gasteiger partial charge is 0.374 e. The van der Waals surface area contributed by atoms with E-state index in [9.17, 15) is 0 Å². The molecule has 0 bridgehead atoms. The van der Waals surface area contributed by atoms with Crippen molar-refractivity contribution in [1.29, 1.82) is 0 Å². The van der Waals surface area contributed by atoms with Gasteiger partial charge in [-0.2, -0.15) is 0 Å². The van der Waals surface area contributed by atoms with Crippen LogP contribution in [0.2, 0.25) is 0 Å². The molecule has 0 aliphatic carbocycles. The zero-order valence-electron chi connectivity index (χ0n) is 12.1. The molecule has 1 atom stereocenters. The van der Waals surface area contributed by atoms with Crippen LogP contribution in [0.1, 0.15) is 60.8 Å². The lowest BCUT2D eigenvalue weighted by molar-refractivity contribution is -0.0172. The first-order valence-corrected chi connectivity index (χ1v) is 6.80. The number of rotatable bonds is 8. The Bertz CT molecular complexity index is 159. The molecule has 98 valence electrons. The molecule has 0 radical (unpaired) electrons. The van der Waals surface area contributed by atoms with E-state index in [0.29, 0.717) is 6.04 Å². The van der Waals surface area contributed by atoms with Gasteiger partial charge >= 0.3 is 0 Å². The van der Waals surface area contributed by atoms with Gasteiger partial charge in [0.25, 0.3) is 0 Å². The highest BCUT2D eigenvalue weighted by Crippen LogP contribution is 2.16. The Labute approximate surface area is 102 Å². The summed E-state index contributed by atoms with van der Waals surface area (Å²) in [6, 6.07) is 0.508. The fourth-order valence-corrected chi connectivity index (χ4v) is 1.87. The van der Waals surface area contributed by atoms with Crippen molar-refractivity contribution >= 4 is 0 Å². The summed E-state index contributed by atoms with van der Waals surface area (Å²) < 4.78 is 5.87. The molecule has 0 fully saturated rings. The van der Waals surface area contributed by atoms with E-state index in [4.69, 9.17) is 4.74 Å². The summed E-state index contributed by atoms with van der Waals surface area (Å²) in [5.41, 5.74) is -0.0262. The van der Waals surface area contributed by atoms with Crippen LogP contribution in [-0.4, -0.2) is 24.8 Å². The predicted molar refractivity (Wildman–Crippen MR) is 71.9 cm³/mol. The molecular formula is C14H31NO. The minimum atomic E-state index is -0.0262. The molecule has 0 aromatic heterocycles. The van der Waals surface area contributed by atoms with Gasteiger partial charge in [-0.05, 0) is 39.7 Å². The highest BCUT2D eigenvalue weighted by Gasteiger charge is 2.17. The number of likely N-dealkylation sites (N-methyl/N-ethyl adjacent to an activating group) is 1. The molecule has 16 heavy (non-hydrogen) atoms. The molecule has 0 aromatic rings. The Morgan fingerprint density at radius 2 is 1.62 bits per heavy atom. The summed E-state index contributed by atoms with van der Waals surface area (Å²) in [4.78, 5) is 0. The van der Waals surface area contributed by atoms with Gasteiger partial charge < -0.3 is 10.1 Å². The average molecular weight is 229 g/mol. The van der Waals surface area contributed by atoms with Crippen LogP contribution in [0, 0.1) is 5.92 Å². The van der Waals surface area contributed by atoms with Crippen molar-refractivity contribution in [2.75, 3.05) is 13.2 Å². The quantitative estimate of drug-likeness (QED) is 0.686. The smallest absolute Gasteiger partial charge is 0.0626 e. The van der Waals surface area contributed by atoms with Crippen LogP contribution in [-0.2, 0) is 4.74 Å². The summed E-state index contributed by atoms with van der Waals surface area (Å²) in [5, 5.41) is 3.53. The molecule has 2 nitrogen and oxygen atoms in total. The van der Waals surface area contributed by atoms with E-state index < -0.39 is 0 Å². The Morgan fingerprint density at radius 1 is 1.06 bits per heavy atom. The van der Waals surface area contributed by atoms with E-state index in [1.165, 1.54) is 19.3 Å². The molecule has 0 saturated carbocycles. The standard InChI is InChI=1S/C14H31NO/c1-7-12(8-2)10-13(15-9-3)11-16-14(4,5)6/h12-13,15H,7-11H2,1-6H3. The number of ether oxygens (including phenoxy) is 1. The highest BCUT2D eigenvalue weighted by molar-refractivity contribution is 4.72. The molecule has 0 amide bonds. The lowest BCUT2D eigenvalue weighted by Crippen LogP contribution is -2.37. The number of hydrogen-bond acceptors (Lipinski definition) is 2. The maximum absolute atomic E-state index is 5.87. The van der Waals surface area contributed by atoms with Gasteiger partial charge in [0.2, 0.25) is 0 Å². The minimum Gasteiger partial charge on any atom is -0.374 e. The third kappa shape index (κ3) is 8.12. The number of hydrogen-bond donors (Lipinski definition) is 1. The van der Waals surface area contributed by atoms with E-state index in [1.807, 2.05) is 0 Å². The zero-order chi connectivity index (χ0) is 12.6.